The Hall–Kier alpha value is -1.16. The van der Waals surface area contributed by atoms with Crippen molar-refractivity contribution in [2.75, 3.05) is 0 Å². The zero-order valence-electron chi connectivity index (χ0n) is 10.3. The molecule has 0 radical (unpaired) electrons. The van der Waals surface area contributed by atoms with Crippen molar-refractivity contribution in [2.24, 2.45) is 0 Å². The molecule has 0 amide bonds. The van der Waals surface area contributed by atoms with Gasteiger partial charge in [-0.15, -0.1) is 0 Å². The van der Waals surface area contributed by atoms with Gasteiger partial charge in [-0.05, 0) is 18.2 Å². The van der Waals surface area contributed by atoms with Gasteiger partial charge in [-0.1, -0.05) is 0 Å². The van der Waals surface area contributed by atoms with Crippen molar-refractivity contribution in [2.45, 2.75) is 4.90 Å². The number of carboxylic acid groups (broad SMARTS) is 2. The third-order valence-electron chi connectivity index (χ3n) is 1.70. The molecule has 0 aliphatic carbocycles. The molecule has 90 valence electrons. The van der Waals surface area contributed by atoms with Crippen LogP contribution in [0.5, 0.6) is 0 Å². The summed E-state index contributed by atoms with van der Waals surface area (Å²) in [4.78, 5) is 20.4. The molecule has 0 fully saturated rings. The number of hydrogen-bond acceptors (Lipinski definition) is 4. The van der Waals surface area contributed by atoms with Crippen LogP contribution in [0.15, 0.2) is 23.1 Å². The van der Waals surface area contributed by atoms with Crippen molar-refractivity contribution in [3.63, 3.8) is 0 Å². The summed E-state index contributed by atoms with van der Waals surface area (Å²) >= 11 is 0. The molecule has 0 bridgehead atoms. The molecule has 0 heterocycles. The fraction of sp³-hybridized carbons (Fsp3) is 0. The summed E-state index contributed by atoms with van der Waals surface area (Å²) in [5.74, 6) is -2.99. The van der Waals surface area contributed by atoms with E-state index in [4.69, 9.17) is 14.8 Å². The van der Waals surface area contributed by atoms with Crippen LogP contribution in [0.1, 0.15) is 23.6 Å². The molecule has 0 atom stereocenters. The van der Waals surface area contributed by atoms with E-state index in [0.717, 1.165) is 6.07 Å². The fourth-order valence-corrected chi connectivity index (χ4v) is 1.55. The van der Waals surface area contributed by atoms with Crippen LogP contribution in [-0.4, -0.2) is 58.2 Å². The minimum atomic E-state index is -4.64. The van der Waals surface area contributed by atoms with Gasteiger partial charge >= 0.3 is 35.0 Å². The molecule has 0 aliphatic heterocycles. The second-order valence-electron chi connectivity index (χ2n) is 2.83. The number of benzene rings is 1. The Morgan fingerprint density at radius 1 is 1.00 bits per heavy atom. The van der Waals surface area contributed by atoms with Gasteiger partial charge < -0.3 is 13.1 Å². The number of rotatable bonds is 3. The summed E-state index contributed by atoms with van der Waals surface area (Å²) in [6.45, 7) is 0. The molecule has 1 aromatic carbocycles. The van der Waals surface area contributed by atoms with Gasteiger partial charge in [-0.2, -0.15) is 8.42 Å². The SMILES string of the molecule is O=C(O)c1cc(C(=O)O)cc(S(=O)(=O)O)c1.[H-].[H-].[Mg+2]. The standard InChI is InChI=1S/C8H6O7S.Mg.2H/c9-7(10)4-1-5(8(11)12)3-6(2-4)16(13,14)15;;;/h1-3H,(H,9,10)(H,11,12)(H,13,14,15);;;/q;+2;2*-1. The number of aromatic carboxylic acids is 2. The van der Waals surface area contributed by atoms with Crippen molar-refractivity contribution < 1.29 is 35.6 Å². The van der Waals surface area contributed by atoms with Crippen LogP contribution in [0.4, 0.5) is 0 Å². The second kappa shape index (κ2) is 5.45. The summed E-state index contributed by atoms with van der Waals surface area (Å²) in [5, 5.41) is 17.2. The maximum atomic E-state index is 10.8. The van der Waals surface area contributed by atoms with E-state index in [1.165, 1.54) is 0 Å². The Labute approximate surface area is 115 Å². The minimum Gasteiger partial charge on any atom is -1.00 e. The maximum absolute atomic E-state index is 10.8. The van der Waals surface area contributed by atoms with Gasteiger partial charge in [0.05, 0.1) is 16.0 Å². The van der Waals surface area contributed by atoms with E-state index >= 15 is 0 Å². The molecule has 1 rings (SSSR count). The van der Waals surface area contributed by atoms with E-state index in [1.807, 2.05) is 0 Å². The Morgan fingerprint density at radius 2 is 1.35 bits per heavy atom. The number of carbonyl (C=O) groups is 2. The summed E-state index contributed by atoms with van der Waals surface area (Å²) in [7, 11) is -4.64. The normalized spacial score (nSPS) is 10.4. The largest absolute Gasteiger partial charge is 2.00 e. The van der Waals surface area contributed by atoms with E-state index in [2.05, 4.69) is 0 Å². The molecule has 0 spiro atoms. The van der Waals surface area contributed by atoms with Gasteiger partial charge in [-0.25, -0.2) is 9.59 Å². The van der Waals surface area contributed by atoms with Crippen LogP contribution in [0.2, 0.25) is 0 Å². The first-order chi connectivity index (χ1) is 7.21. The van der Waals surface area contributed by atoms with E-state index in [-0.39, 0.29) is 25.9 Å². The zero-order valence-corrected chi connectivity index (χ0v) is 10.6. The molecule has 0 saturated heterocycles. The topological polar surface area (TPSA) is 129 Å². The molecule has 3 N–H and O–H groups in total. The van der Waals surface area contributed by atoms with E-state index < -0.39 is 38.1 Å². The summed E-state index contributed by atoms with van der Waals surface area (Å²) in [6.07, 6.45) is 0. The average Bonchev–Trinajstić information content (AvgIpc) is 2.15. The molecule has 1 aromatic rings. The van der Waals surface area contributed by atoms with Gasteiger partial charge in [0, 0.05) is 0 Å². The predicted octanol–water partition coefficient (Wildman–Crippen LogP) is 0.174. The van der Waals surface area contributed by atoms with Crippen LogP contribution >= 0.6 is 0 Å². The van der Waals surface area contributed by atoms with E-state index in [9.17, 15) is 18.0 Å². The Balaban J connectivity index is -0.000000853. The molecule has 0 aromatic heterocycles. The summed E-state index contributed by atoms with van der Waals surface area (Å²) in [5.41, 5.74) is -1.07. The van der Waals surface area contributed by atoms with Crippen molar-refractivity contribution >= 4 is 45.1 Å². The Kier molecular flexibility index (Phi) is 5.07. The third-order valence-corrected chi connectivity index (χ3v) is 2.53. The predicted molar refractivity (Wildman–Crippen MR) is 58.2 cm³/mol. The van der Waals surface area contributed by atoms with Crippen molar-refractivity contribution in [3.8, 4) is 0 Å². The maximum Gasteiger partial charge on any atom is 2.00 e. The van der Waals surface area contributed by atoms with Gasteiger partial charge in [0.15, 0.2) is 0 Å². The Morgan fingerprint density at radius 3 is 1.59 bits per heavy atom. The van der Waals surface area contributed by atoms with Crippen molar-refractivity contribution in [1.82, 2.24) is 0 Å². The molecular weight excluding hydrogens is 264 g/mol. The second-order valence-corrected chi connectivity index (χ2v) is 4.25. The molecule has 7 nitrogen and oxygen atoms in total. The number of carboxylic acids is 2. The van der Waals surface area contributed by atoms with Gasteiger partial charge in [0.1, 0.15) is 0 Å². The van der Waals surface area contributed by atoms with E-state index in [0.29, 0.717) is 12.1 Å². The smallest absolute Gasteiger partial charge is 1.00 e. The third kappa shape index (κ3) is 3.96. The fourth-order valence-electron chi connectivity index (χ4n) is 0.995. The van der Waals surface area contributed by atoms with Gasteiger partial charge in [0.25, 0.3) is 10.1 Å². The minimum absolute atomic E-state index is 0. The summed E-state index contributed by atoms with van der Waals surface area (Å²) < 4.78 is 30.2. The van der Waals surface area contributed by atoms with Gasteiger partial charge in [-0.3, -0.25) is 4.55 Å². The summed E-state index contributed by atoms with van der Waals surface area (Å²) in [6, 6.07) is 2.13. The first-order valence-electron chi connectivity index (χ1n) is 3.81. The molecule has 17 heavy (non-hydrogen) atoms. The van der Waals surface area contributed by atoms with Crippen LogP contribution < -0.4 is 0 Å². The molecule has 9 heteroatoms. The van der Waals surface area contributed by atoms with Crippen LogP contribution in [0, 0.1) is 0 Å². The molecule has 0 unspecified atom stereocenters. The zero-order chi connectivity index (χ0) is 12.5. The number of hydrogen-bond donors (Lipinski definition) is 3. The Bertz CT molecular complexity index is 540. The van der Waals surface area contributed by atoms with E-state index in [1.54, 1.807) is 0 Å². The van der Waals surface area contributed by atoms with Crippen molar-refractivity contribution in [3.05, 3.63) is 29.3 Å². The van der Waals surface area contributed by atoms with Crippen LogP contribution in [-0.2, 0) is 10.1 Å². The van der Waals surface area contributed by atoms with Crippen LogP contribution in [0.3, 0.4) is 0 Å². The average molecular weight is 273 g/mol. The quantitative estimate of drug-likeness (QED) is 0.528. The monoisotopic (exact) mass is 272 g/mol. The van der Waals surface area contributed by atoms with Crippen LogP contribution in [0.25, 0.3) is 0 Å². The molecule has 0 aliphatic rings. The molecular formula is C8H8MgO7S. The molecule has 0 saturated carbocycles. The van der Waals surface area contributed by atoms with Crippen molar-refractivity contribution in [1.29, 1.82) is 0 Å². The first-order valence-corrected chi connectivity index (χ1v) is 5.25. The van der Waals surface area contributed by atoms with Gasteiger partial charge in [0.2, 0.25) is 0 Å². The first kappa shape index (κ1) is 15.8.